The van der Waals surface area contributed by atoms with E-state index >= 15 is 0 Å². The fourth-order valence-electron chi connectivity index (χ4n) is 3.45. The summed E-state index contributed by atoms with van der Waals surface area (Å²) >= 11 is 3.72. The Morgan fingerprint density at radius 3 is 2.29 bits per heavy atom. The normalized spacial score (nSPS) is 19.1. The Morgan fingerprint density at radius 1 is 0.810 bits per heavy atom. The first-order valence-corrected chi connectivity index (χ1v) is 7.82. The molecule has 1 nitrogen and oxygen atoms in total. The van der Waals surface area contributed by atoms with Crippen molar-refractivity contribution in [2.24, 2.45) is 0 Å². The van der Waals surface area contributed by atoms with E-state index in [2.05, 4.69) is 82.4 Å². The van der Waals surface area contributed by atoms with Crippen molar-refractivity contribution in [1.29, 1.82) is 0 Å². The monoisotopic (exact) mass is 335 g/mol. The van der Waals surface area contributed by atoms with Crippen LogP contribution in [0.25, 0.3) is 11.3 Å². The van der Waals surface area contributed by atoms with Gasteiger partial charge >= 0.3 is 0 Å². The Bertz CT molecular complexity index is 793. The lowest BCUT2D eigenvalue weighted by Gasteiger charge is -2.28. The molecule has 102 valence electrons. The van der Waals surface area contributed by atoms with Gasteiger partial charge < -0.3 is 0 Å². The molecule has 0 unspecified atom stereocenters. The van der Waals surface area contributed by atoms with E-state index in [1.54, 1.807) is 0 Å². The predicted octanol–water partition coefficient (Wildman–Crippen LogP) is 5.18. The molecule has 0 saturated heterocycles. The fourth-order valence-corrected chi connectivity index (χ4v) is 4.13. The lowest BCUT2D eigenvalue weighted by Crippen LogP contribution is -2.23. The van der Waals surface area contributed by atoms with Crippen LogP contribution in [0.15, 0.2) is 71.3 Å². The zero-order valence-electron chi connectivity index (χ0n) is 11.7. The summed E-state index contributed by atoms with van der Waals surface area (Å²) in [6, 6.07) is 21.3. The molecule has 0 bridgehead atoms. The number of pyridine rings is 1. The Balaban J connectivity index is 2.12. The van der Waals surface area contributed by atoms with Crippen molar-refractivity contribution in [3.8, 4) is 11.3 Å². The minimum atomic E-state index is -0.166. The quantitative estimate of drug-likeness (QED) is 0.597. The van der Waals surface area contributed by atoms with Crippen LogP contribution in [0.4, 0.5) is 0 Å². The van der Waals surface area contributed by atoms with Crippen LogP contribution in [0.3, 0.4) is 0 Å². The number of benzene rings is 2. The second-order valence-corrected chi connectivity index (χ2v) is 6.40. The zero-order chi connectivity index (χ0) is 14.4. The van der Waals surface area contributed by atoms with Gasteiger partial charge in [-0.1, -0.05) is 64.5 Å². The van der Waals surface area contributed by atoms with E-state index in [9.17, 15) is 0 Å². The lowest BCUT2D eigenvalue weighted by molar-refractivity contribution is 0.708. The van der Waals surface area contributed by atoms with Gasteiger partial charge in [0.1, 0.15) is 0 Å². The number of nitrogens with zero attached hydrogens (tertiary/aromatic N) is 1. The number of hydrogen-bond acceptors (Lipinski definition) is 1. The van der Waals surface area contributed by atoms with Crippen LogP contribution in [0.1, 0.15) is 23.6 Å². The van der Waals surface area contributed by atoms with Gasteiger partial charge in [-0.05, 0) is 35.7 Å². The predicted molar refractivity (Wildman–Crippen MR) is 89.4 cm³/mol. The summed E-state index contributed by atoms with van der Waals surface area (Å²) in [7, 11) is 0. The van der Waals surface area contributed by atoms with Crippen LogP contribution in [0.5, 0.6) is 0 Å². The van der Waals surface area contributed by atoms with Crippen molar-refractivity contribution in [3.63, 3.8) is 0 Å². The third-order valence-corrected chi connectivity index (χ3v) is 5.17. The van der Waals surface area contributed by atoms with E-state index < -0.39 is 0 Å². The SMILES string of the molecule is C[C@@]1(c2ccccc2Br)c2ccccc2-c2ncccc21. The summed E-state index contributed by atoms with van der Waals surface area (Å²) in [6.45, 7) is 2.29. The van der Waals surface area contributed by atoms with E-state index in [0.717, 1.165) is 10.2 Å². The molecule has 0 N–H and O–H groups in total. The smallest absolute Gasteiger partial charge is 0.0749 e. The van der Waals surface area contributed by atoms with Gasteiger partial charge in [0.05, 0.1) is 5.69 Å². The molecule has 21 heavy (non-hydrogen) atoms. The van der Waals surface area contributed by atoms with Gasteiger partial charge in [0.2, 0.25) is 0 Å². The highest BCUT2D eigenvalue weighted by molar-refractivity contribution is 9.10. The topological polar surface area (TPSA) is 12.9 Å². The highest BCUT2D eigenvalue weighted by Gasteiger charge is 2.42. The van der Waals surface area contributed by atoms with Gasteiger partial charge in [0.25, 0.3) is 0 Å². The number of hydrogen-bond donors (Lipinski definition) is 0. The van der Waals surface area contributed by atoms with Gasteiger partial charge in [-0.2, -0.15) is 0 Å². The molecule has 2 aromatic carbocycles. The number of rotatable bonds is 1. The molecular weight excluding hydrogens is 322 g/mol. The molecule has 0 saturated carbocycles. The van der Waals surface area contributed by atoms with Crippen molar-refractivity contribution in [1.82, 2.24) is 4.98 Å². The molecule has 0 radical (unpaired) electrons. The molecule has 2 heteroatoms. The molecule has 1 aromatic heterocycles. The van der Waals surface area contributed by atoms with Crippen LogP contribution < -0.4 is 0 Å². The summed E-state index contributed by atoms with van der Waals surface area (Å²) in [5.41, 5.74) is 6.06. The first-order chi connectivity index (χ1) is 10.2. The van der Waals surface area contributed by atoms with Crippen LogP contribution in [0, 0.1) is 0 Å². The lowest BCUT2D eigenvalue weighted by atomic mass is 9.74. The summed E-state index contributed by atoms with van der Waals surface area (Å²) in [6.07, 6.45) is 1.88. The van der Waals surface area contributed by atoms with Crippen molar-refractivity contribution < 1.29 is 0 Å². The van der Waals surface area contributed by atoms with Crippen molar-refractivity contribution >= 4 is 15.9 Å². The minimum absolute atomic E-state index is 0.166. The van der Waals surface area contributed by atoms with Crippen LogP contribution in [-0.4, -0.2) is 4.98 Å². The zero-order valence-corrected chi connectivity index (χ0v) is 13.3. The van der Waals surface area contributed by atoms with Gasteiger partial charge in [-0.15, -0.1) is 0 Å². The molecule has 0 amide bonds. The highest BCUT2D eigenvalue weighted by atomic mass is 79.9. The Hall–Kier alpha value is -1.93. The molecule has 1 aliphatic carbocycles. The van der Waals surface area contributed by atoms with Gasteiger partial charge in [0, 0.05) is 21.6 Å². The standard InChI is InChI=1S/C19H14BrN/c1-19(15-9-4-5-11-17(15)20)14-8-3-2-7-13(14)18-16(19)10-6-12-21-18/h2-12H,1H3/t19-/m0/s1. The second-order valence-electron chi connectivity index (χ2n) is 5.55. The molecule has 1 aliphatic rings. The average molecular weight is 336 g/mol. The number of fused-ring (bicyclic) bond motifs is 3. The third kappa shape index (κ3) is 1.66. The van der Waals surface area contributed by atoms with Crippen molar-refractivity contribution in [2.45, 2.75) is 12.3 Å². The molecule has 0 spiro atoms. The summed E-state index contributed by atoms with van der Waals surface area (Å²) in [5.74, 6) is 0. The summed E-state index contributed by atoms with van der Waals surface area (Å²) in [4.78, 5) is 4.64. The first-order valence-electron chi connectivity index (χ1n) is 7.03. The third-order valence-electron chi connectivity index (χ3n) is 4.48. The molecule has 1 atom stereocenters. The van der Waals surface area contributed by atoms with E-state index in [1.807, 2.05) is 12.3 Å². The maximum absolute atomic E-state index is 4.64. The summed E-state index contributed by atoms with van der Waals surface area (Å²) in [5, 5.41) is 0. The van der Waals surface area contributed by atoms with Crippen molar-refractivity contribution in [2.75, 3.05) is 0 Å². The van der Waals surface area contributed by atoms with Crippen LogP contribution in [0.2, 0.25) is 0 Å². The first kappa shape index (κ1) is 12.8. The Kier molecular flexibility index (Phi) is 2.76. The number of aromatic nitrogens is 1. The van der Waals surface area contributed by atoms with Crippen LogP contribution in [-0.2, 0) is 5.41 Å². The minimum Gasteiger partial charge on any atom is -0.256 e. The van der Waals surface area contributed by atoms with Gasteiger partial charge in [0.15, 0.2) is 0 Å². The average Bonchev–Trinajstić information content (AvgIpc) is 2.79. The molecule has 3 aromatic rings. The Labute approximate surface area is 132 Å². The molecule has 0 fully saturated rings. The second kappa shape index (κ2) is 4.54. The summed E-state index contributed by atoms with van der Waals surface area (Å²) < 4.78 is 1.14. The largest absolute Gasteiger partial charge is 0.256 e. The van der Waals surface area contributed by atoms with Crippen molar-refractivity contribution in [3.05, 3.63) is 88.0 Å². The maximum atomic E-state index is 4.64. The van der Waals surface area contributed by atoms with E-state index in [4.69, 9.17) is 0 Å². The molecule has 4 rings (SSSR count). The van der Waals surface area contributed by atoms with Gasteiger partial charge in [-0.3, -0.25) is 4.98 Å². The molecular formula is C19H14BrN. The Morgan fingerprint density at radius 2 is 1.48 bits per heavy atom. The van der Waals surface area contributed by atoms with E-state index in [0.29, 0.717) is 0 Å². The number of halogens is 1. The van der Waals surface area contributed by atoms with E-state index in [1.165, 1.54) is 22.3 Å². The molecule has 0 aliphatic heterocycles. The maximum Gasteiger partial charge on any atom is 0.0749 e. The van der Waals surface area contributed by atoms with E-state index in [-0.39, 0.29) is 5.41 Å². The van der Waals surface area contributed by atoms with Crippen LogP contribution >= 0.6 is 15.9 Å². The fraction of sp³-hybridized carbons (Fsp3) is 0.105. The molecule has 1 heterocycles. The highest BCUT2D eigenvalue weighted by Crippen LogP contribution is 2.52. The van der Waals surface area contributed by atoms with Gasteiger partial charge in [-0.25, -0.2) is 0 Å².